The van der Waals surface area contributed by atoms with Gasteiger partial charge >= 0.3 is 0 Å². The fraction of sp³-hybridized carbons (Fsp3) is 0.909. The third-order valence-electron chi connectivity index (χ3n) is 2.86. The summed E-state index contributed by atoms with van der Waals surface area (Å²) in [5, 5.41) is 6.14. The van der Waals surface area contributed by atoms with Gasteiger partial charge < -0.3 is 15.5 Å². The summed E-state index contributed by atoms with van der Waals surface area (Å²) in [6, 6.07) is 0. The zero-order valence-electron chi connectivity index (χ0n) is 9.88. The molecule has 15 heavy (non-hydrogen) atoms. The second-order valence-corrected chi connectivity index (χ2v) is 4.32. The number of amides is 1. The van der Waals surface area contributed by atoms with E-state index in [0.29, 0.717) is 12.3 Å². The lowest BCUT2D eigenvalue weighted by molar-refractivity contribution is -0.121. The molecule has 1 heterocycles. The summed E-state index contributed by atoms with van der Waals surface area (Å²) in [4.78, 5) is 13.7. The van der Waals surface area contributed by atoms with Crippen LogP contribution in [0.1, 0.15) is 19.8 Å². The topological polar surface area (TPSA) is 44.4 Å². The average Bonchev–Trinajstić information content (AvgIpc) is 2.62. The van der Waals surface area contributed by atoms with Gasteiger partial charge in [-0.3, -0.25) is 4.79 Å². The molecule has 0 aromatic rings. The van der Waals surface area contributed by atoms with Crippen molar-refractivity contribution in [3.05, 3.63) is 0 Å². The van der Waals surface area contributed by atoms with Crippen molar-refractivity contribution in [3.8, 4) is 0 Å². The molecule has 4 heteroatoms. The molecular formula is C11H23N3O. The second-order valence-electron chi connectivity index (χ2n) is 4.32. The molecule has 0 aliphatic carbocycles. The molecule has 1 saturated heterocycles. The van der Waals surface area contributed by atoms with Crippen LogP contribution in [-0.4, -0.2) is 50.6 Å². The molecule has 0 saturated carbocycles. The van der Waals surface area contributed by atoms with E-state index < -0.39 is 0 Å². The minimum Gasteiger partial charge on any atom is -0.356 e. The highest BCUT2D eigenvalue weighted by Crippen LogP contribution is 2.12. The number of nitrogens with one attached hydrogen (secondary N) is 2. The van der Waals surface area contributed by atoms with E-state index >= 15 is 0 Å². The molecule has 0 radical (unpaired) electrons. The van der Waals surface area contributed by atoms with Crippen molar-refractivity contribution in [1.82, 2.24) is 15.5 Å². The van der Waals surface area contributed by atoms with Crippen LogP contribution >= 0.6 is 0 Å². The lowest BCUT2D eigenvalue weighted by Crippen LogP contribution is -2.32. The standard InChI is InChI=1S/C11H23N3O/c1-3-12-6-4-11(15)13-8-10-5-7-14(2)9-10/h10,12H,3-9H2,1-2H3,(H,13,15). The first-order valence-corrected chi connectivity index (χ1v) is 5.88. The molecule has 1 rings (SSSR count). The SMILES string of the molecule is CCNCCC(=O)NCC1CCN(C)C1. The minimum atomic E-state index is 0.172. The fourth-order valence-electron chi connectivity index (χ4n) is 1.92. The van der Waals surface area contributed by atoms with Gasteiger partial charge in [0.25, 0.3) is 0 Å². The van der Waals surface area contributed by atoms with E-state index in [4.69, 9.17) is 0 Å². The van der Waals surface area contributed by atoms with Crippen LogP contribution in [0.25, 0.3) is 0 Å². The maximum atomic E-state index is 11.4. The summed E-state index contributed by atoms with van der Waals surface area (Å²) in [7, 11) is 2.13. The number of rotatable bonds is 6. The minimum absolute atomic E-state index is 0.172. The van der Waals surface area contributed by atoms with Gasteiger partial charge in [0.1, 0.15) is 0 Å². The number of carbonyl (C=O) groups excluding carboxylic acids is 1. The van der Waals surface area contributed by atoms with Crippen LogP contribution in [0.15, 0.2) is 0 Å². The summed E-state index contributed by atoms with van der Waals surface area (Å²) < 4.78 is 0. The number of carbonyl (C=O) groups is 1. The molecule has 1 atom stereocenters. The highest BCUT2D eigenvalue weighted by atomic mass is 16.1. The van der Waals surface area contributed by atoms with E-state index in [2.05, 4.69) is 22.6 Å². The van der Waals surface area contributed by atoms with Crippen molar-refractivity contribution in [2.45, 2.75) is 19.8 Å². The summed E-state index contributed by atoms with van der Waals surface area (Å²) in [6.45, 7) is 6.89. The second kappa shape index (κ2) is 6.80. The van der Waals surface area contributed by atoms with Crippen LogP contribution < -0.4 is 10.6 Å². The molecule has 0 spiro atoms. The van der Waals surface area contributed by atoms with Crippen molar-refractivity contribution in [2.24, 2.45) is 5.92 Å². The third-order valence-corrected chi connectivity index (χ3v) is 2.86. The Morgan fingerprint density at radius 2 is 2.33 bits per heavy atom. The highest BCUT2D eigenvalue weighted by Gasteiger charge is 2.19. The van der Waals surface area contributed by atoms with Gasteiger partial charge in [-0.25, -0.2) is 0 Å². The Labute approximate surface area is 92.4 Å². The Morgan fingerprint density at radius 1 is 1.53 bits per heavy atom. The van der Waals surface area contributed by atoms with E-state index in [1.807, 2.05) is 6.92 Å². The van der Waals surface area contributed by atoms with Gasteiger partial charge in [0.2, 0.25) is 5.91 Å². The predicted molar refractivity (Wildman–Crippen MR) is 61.8 cm³/mol. The zero-order chi connectivity index (χ0) is 11.1. The highest BCUT2D eigenvalue weighted by molar-refractivity contribution is 5.76. The Balaban J connectivity index is 2.01. The quantitative estimate of drug-likeness (QED) is 0.613. The van der Waals surface area contributed by atoms with Crippen molar-refractivity contribution in [2.75, 3.05) is 39.8 Å². The maximum Gasteiger partial charge on any atom is 0.221 e. The number of hydrogen-bond acceptors (Lipinski definition) is 3. The smallest absolute Gasteiger partial charge is 0.221 e. The van der Waals surface area contributed by atoms with Gasteiger partial charge in [0.05, 0.1) is 0 Å². The molecule has 1 unspecified atom stereocenters. The van der Waals surface area contributed by atoms with E-state index in [-0.39, 0.29) is 5.91 Å². The molecule has 0 aromatic heterocycles. The van der Waals surface area contributed by atoms with E-state index in [0.717, 1.165) is 32.7 Å². The molecule has 0 aromatic carbocycles. The maximum absolute atomic E-state index is 11.4. The monoisotopic (exact) mass is 213 g/mol. The number of nitrogens with zero attached hydrogens (tertiary/aromatic N) is 1. The largest absolute Gasteiger partial charge is 0.356 e. The lowest BCUT2D eigenvalue weighted by Gasteiger charge is -2.11. The Morgan fingerprint density at radius 3 is 2.93 bits per heavy atom. The van der Waals surface area contributed by atoms with E-state index in [1.54, 1.807) is 0 Å². The normalized spacial score (nSPS) is 21.9. The first kappa shape index (κ1) is 12.5. The Kier molecular flexibility index (Phi) is 5.65. The van der Waals surface area contributed by atoms with Crippen LogP contribution in [0, 0.1) is 5.92 Å². The Bertz CT molecular complexity index is 196. The van der Waals surface area contributed by atoms with Gasteiger partial charge in [0.15, 0.2) is 0 Å². The van der Waals surface area contributed by atoms with Crippen LogP contribution in [0.4, 0.5) is 0 Å². The van der Waals surface area contributed by atoms with Crippen LogP contribution in [0.5, 0.6) is 0 Å². The van der Waals surface area contributed by atoms with Gasteiger partial charge in [-0.2, -0.15) is 0 Å². The van der Waals surface area contributed by atoms with Gasteiger partial charge in [0, 0.05) is 26.1 Å². The zero-order valence-corrected chi connectivity index (χ0v) is 9.88. The van der Waals surface area contributed by atoms with Crippen molar-refractivity contribution < 1.29 is 4.79 Å². The summed E-state index contributed by atoms with van der Waals surface area (Å²) >= 11 is 0. The third kappa shape index (κ3) is 5.14. The molecule has 1 aliphatic rings. The lowest BCUT2D eigenvalue weighted by atomic mass is 10.1. The van der Waals surface area contributed by atoms with E-state index in [9.17, 15) is 4.79 Å². The number of hydrogen-bond donors (Lipinski definition) is 2. The van der Waals surface area contributed by atoms with E-state index in [1.165, 1.54) is 6.42 Å². The molecule has 0 bridgehead atoms. The summed E-state index contributed by atoms with van der Waals surface area (Å²) in [6.07, 6.45) is 1.81. The van der Waals surface area contributed by atoms with Crippen LogP contribution in [-0.2, 0) is 4.79 Å². The van der Waals surface area contributed by atoms with Gasteiger partial charge in [-0.05, 0) is 32.5 Å². The van der Waals surface area contributed by atoms with Crippen molar-refractivity contribution in [1.29, 1.82) is 0 Å². The molecule has 4 nitrogen and oxygen atoms in total. The van der Waals surface area contributed by atoms with Crippen LogP contribution in [0.2, 0.25) is 0 Å². The molecule has 1 amide bonds. The average molecular weight is 213 g/mol. The molecule has 88 valence electrons. The van der Waals surface area contributed by atoms with Crippen LogP contribution in [0.3, 0.4) is 0 Å². The predicted octanol–water partition coefficient (Wildman–Crippen LogP) is 0.0539. The number of likely N-dealkylation sites (tertiary alicyclic amines) is 1. The molecule has 1 fully saturated rings. The summed E-state index contributed by atoms with van der Waals surface area (Å²) in [5.74, 6) is 0.823. The molecule has 2 N–H and O–H groups in total. The van der Waals surface area contributed by atoms with Gasteiger partial charge in [-0.1, -0.05) is 6.92 Å². The first-order valence-electron chi connectivity index (χ1n) is 5.88. The molecular weight excluding hydrogens is 190 g/mol. The van der Waals surface area contributed by atoms with Crippen molar-refractivity contribution in [3.63, 3.8) is 0 Å². The van der Waals surface area contributed by atoms with Crippen molar-refractivity contribution >= 4 is 5.91 Å². The molecule has 1 aliphatic heterocycles. The Hall–Kier alpha value is -0.610. The first-order chi connectivity index (χ1) is 7.22. The summed E-state index contributed by atoms with van der Waals surface area (Å²) in [5.41, 5.74) is 0. The van der Waals surface area contributed by atoms with Gasteiger partial charge in [-0.15, -0.1) is 0 Å². The fourth-order valence-corrected chi connectivity index (χ4v) is 1.92.